The highest BCUT2D eigenvalue weighted by atomic mass is 32.1. The second kappa shape index (κ2) is 8.33. The van der Waals surface area contributed by atoms with Gasteiger partial charge in [0.15, 0.2) is 5.75 Å². The topological polar surface area (TPSA) is 98.3 Å². The molecule has 0 saturated carbocycles. The summed E-state index contributed by atoms with van der Waals surface area (Å²) in [6.07, 6.45) is 1.57. The number of benzene rings is 2. The number of thiazole rings is 1. The van der Waals surface area contributed by atoms with E-state index in [9.17, 15) is 15.4 Å². The van der Waals surface area contributed by atoms with Crippen molar-refractivity contribution in [1.82, 2.24) is 4.98 Å². The number of ether oxygens (including phenoxy) is 2. The van der Waals surface area contributed by atoms with Crippen molar-refractivity contribution in [3.8, 4) is 28.8 Å². The van der Waals surface area contributed by atoms with Crippen LogP contribution in [0.4, 0.5) is 5.69 Å². The summed E-state index contributed by atoms with van der Waals surface area (Å²) in [5, 5.41) is 23.1. The number of nitriles is 1. The van der Waals surface area contributed by atoms with Crippen molar-refractivity contribution >= 4 is 28.7 Å². The molecular weight excluding hydrogens is 378 g/mol. The third-order valence-electron chi connectivity index (χ3n) is 3.93. The number of nitro benzene ring substituents is 1. The highest BCUT2D eigenvalue weighted by molar-refractivity contribution is 7.11. The van der Waals surface area contributed by atoms with Crippen LogP contribution in [0.5, 0.6) is 11.5 Å². The summed E-state index contributed by atoms with van der Waals surface area (Å²) >= 11 is 1.33. The van der Waals surface area contributed by atoms with Gasteiger partial charge in [0.2, 0.25) is 0 Å². The molecule has 0 aliphatic heterocycles. The maximum atomic E-state index is 11.2. The molecule has 8 heteroatoms. The second-order valence-corrected chi connectivity index (χ2v) is 6.49. The van der Waals surface area contributed by atoms with Gasteiger partial charge in [0.1, 0.15) is 16.8 Å². The first-order valence-corrected chi connectivity index (χ1v) is 8.98. The van der Waals surface area contributed by atoms with Gasteiger partial charge in [-0.15, -0.1) is 11.3 Å². The smallest absolute Gasteiger partial charge is 0.311 e. The Kier molecular flexibility index (Phi) is 5.67. The molecule has 0 spiro atoms. The summed E-state index contributed by atoms with van der Waals surface area (Å²) in [6, 6.07) is 14.1. The van der Waals surface area contributed by atoms with Crippen molar-refractivity contribution in [1.29, 1.82) is 5.26 Å². The lowest BCUT2D eigenvalue weighted by atomic mass is 10.1. The van der Waals surface area contributed by atoms with Crippen LogP contribution >= 0.6 is 11.3 Å². The summed E-state index contributed by atoms with van der Waals surface area (Å²) in [7, 11) is 2.96. The maximum Gasteiger partial charge on any atom is 0.311 e. The Balaban J connectivity index is 1.96. The van der Waals surface area contributed by atoms with E-state index in [1.807, 2.05) is 29.6 Å². The summed E-state index contributed by atoms with van der Waals surface area (Å²) in [6.45, 7) is 0. The molecule has 28 heavy (non-hydrogen) atoms. The molecule has 0 atom stereocenters. The van der Waals surface area contributed by atoms with Crippen LogP contribution in [0, 0.1) is 21.4 Å². The van der Waals surface area contributed by atoms with Crippen LogP contribution in [0.2, 0.25) is 0 Å². The number of rotatable bonds is 6. The summed E-state index contributed by atoms with van der Waals surface area (Å²) in [5.41, 5.74) is 2.27. The molecule has 7 nitrogen and oxygen atoms in total. The lowest BCUT2D eigenvalue weighted by Gasteiger charge is -2.03. The Morgan fingerprint density at radius 1 is 1.25 bits per heavy atom. The molecule has 0 aliphatic rings. The highest BCUT2D eigenvalue weighted by Gasteiger charge is 2.16. The van der Waals surface area contributed by atoms with Gasteiger partial charge in [-0.05, 0) is 29.8 Å². The molecule has 3 rings (SSSR count). The van der Waals surface area contributed by atoms with Gasteiger partial charge in [-0.25, -0.2) is 4.98 Å². The van der Waals surface area contributed by atoms with Crippen LogP contribution in [0.25, 0.3) is 22.9 Å². The Labute approximate surface area is 165 Å². The van der Waals surface area contributed by atoms with E-state index in [0.717, 1.165) is 11.3 Å². The van der Waals surface area contributed by atoms with E-state index in [2.05, 4.69) is 11.1 Å². The number of allylic oxidation sites excluding steroid dienone is 1. The second-order valence-electron chi connectivity index (χ2n) is 5.63. The molecule has 140 valence electrons. The van der Waals surface area contributed by atoms with Gasteiger partial charge in [-0.1, -0.05) is 18.2 Å². The predicted molar refractivity (Wildman–Crippen MR) is 107 cm³/mol. The normalized spacial score (nSPS) is 11.0. The molecule has 0 fully saturated rings. The van der Waals surface area contributed by atoms with Crippen LogP contribution in [0.3, 0.4) is 0 Å². The van der Waals surface area contributed by atoms with Gasteiger partial charge in [0.25, 0.3) is 0 Å². The first kappa shape index (κ1) is 19.1. The highest BCUT2D eigenvalue weighted by Crippen LogP contribution is 2.31. The quantitative estimate of drug-likeness (QED) is 0.339. The van der Waals surface area contributed by atoms with Crippen molar-refractivity contribution in [2.24, 2.45) is 0 Å². The van der Waals surface area contributed by atoms with E-state index in [1.54, 1.807) is 19.3 Å². The Bertz CT molecular complexity index is 1100. The number of nitro groups is 1. The van der Waals surface area contributed by atoms with Crippen LogP contribution in [0.1, 0.15) is 10.6 Å². The van der Waals surface area contributed by atoms with Crippen molar-refractivity contribution in [3.05, 3.63) is 68.5 Å². The van der Waals surface area contributed by atoms with Crippen LogP contribution in [0.15, 0.2) is 47.8 Å². The zero-order valence-electron chi connectivity index (χ0n) is 15.1. The number of aromatic nitrogens is 1. The lowest BCUT2D eigenvalue weighted by Crippen LogP contribution is -1.94. The summed E-state index contributed by atoms with van der Waals surface area (Å²) in [5.74, 6) is 0.879. The minimum absolute atomic E-state index is 0.162. The van der Waals surface area contributed by atoms with Gasteiger partial charge in [-0.3, -0.25) is 10.1 Å². The average Bonchev–Trinajstić information content (AvgIpc) is 3.22. The van der Waals surface area contributed by atoms with Gasteiger partial charge >= 0.3 is 5.69 Å². The number of methoxy groups -OCH3 is 2. The SMILES string of the molecule is COc1cccc(-c2csc(C(C#N)=Cc3ccc(OC)c([N+](=O)[O-])c3)n2)c1. The molecular formula is C20H15N3O4S. The monoisotopic (exact) mass is 393 g/mol. The molecule has 0 saturated heterocycles. The number of hydrogen-bond acceptors (Lipinski definition) is 7. The fraction of sp³-hybridized carbons (Fsp3) is 0.100. The Morgan fingerprint density at radius 3 is 2.75 bits per heavy atom. The third-order valence-corrected chi connectivity index (χ3v) is 4.81. The van der Waals surface area contributed by atoms with Crippen molar-refractivity contribution in [2.75, 3.05) is 14.2 Å². The summed E-state index contributed by atoms with van der Waals surface area (Å²) in [4.78, 5) is 15.2. The molecule has 3 aromatic rings. The lowest BCUT2D eigenvalue weighted by molar-refractivity contribution is -0.385. The standard InChI is InChI=1S/C20H15N3O4S/c1-26-16-5-3-4-14(10-16)17-12-28-20(22-17)15(11-21)8-13-6-7-19(27-2)18(9-13)23(24)25/h3-10,12H,1-2H3. The minimum atomic E-state index is -0.521. The Morgan fingerprint density at radius 2 is 2.07 bits per heavy atom. The van der Waals surface area contributed by atoms with Crippen molar-refractivity contribution < 1.29 is 14.4 Å². The molecule has 1 heterocycles. The molecule has 0 bridgehead atoms. The van der Waals surface area contributed by atoms with Crippen molar-refractivity contribution in [3.63, 3.8) is 0 Å². The van der Waals surface area contributed by atoms with E-state index >= 15 is 0 Å². The fourth-order valence-electron chi connectivity index (χ4n) is 2.56. The number of nitrogens with zero attached hydrogens (tertiary/aromatic N) is 3. The van der Waals surface area contributed by atoms with Crippen LogP contribution in [-0.4, -0.2) is 24.1 Å². The Hall–Kier alpha value is -3.70. The van der Waals surface area contributed by atoms with Crippen LogP contribution < -0.4 is 9.47 Å². The summed E-state index contributed by atoms with van der Waals surface area (Å²) < 4.78 is 10.2. The average molecular weight is 393 g/mol. The molecule has 2 aromatic carbocycles. The molecule has 0 amide bonds. The van der Waals surface area contributed by atoms with E-state index in [4.69, 9.17) is 9.47 Å². The maximum absolute atomic E-state index is 11.2. The zero-order chi connectivity index (χ0) is 20.1. The van der Waals surface area contributed by atoms with E-state index in [-0.39, 0.29) is 11.4 Å². The molecule has 0 radical (unpaired) electrons. The van der Waals surface area contributed by atoms with Crippen LogP contribution in [-0.2, 0) is 0 Å². The molecule has 1 aromatic heterocycles. The number of hydrogen-bond donors (Lipinski definition) is 0. The molecule has 0 aliphatic carbocycles. The molecule has 0 N–H and O–H groups in total. The van der Waals surface area contributed by atoms with Gasteiger partial charge in [0, 0.05) is 17.0 Å². The fourth-order valence-corrected chi connectivity index (χ4v) is 3.36. The largest absolute Gasteiger partial charge is 0.497 e. The van der Waals surface area contributed by atoms with E-state index < -0.39 is 4.92 Å². The zero-order valence-corrected chi connectivity index (χ0v) is 15.9. The first-order chi connectivity index (χ1) is 13.5. The first-order valence-electron chi connectivity index (χ1n) is 8.10. The van der Waals surface area contributed by atoms with Gasteiger partial charge < -0.3 is 9.47 Å². The van der Waals surface area contributed by atoms with E-state index in [1.165, 1.54) is 30.6 Å². The van der Waals surface area contributed by atoms with Gasteiger partial charge in [-0.2, -0.15) is 5.26 Å². The molecule has 0 unspecified atom stereocenters. The van der Waals surface area contributed by atoms with E-state index in [0.29, 0.717) is 21.9 Å². The van der Waals surface area contributed by atoms with Crippen molar-refractivity contribution in [2.45, 2.75) is 0 Å². The van der Waals surface area contributed by atoms with Gasteiger partial charge in [0.05, 0.1) is 30.4 Å². The predicted octanol–water partition coefficient (Wildman–Crippen LogP) is 4.80. The third kappa shape index (κ3) is 4.00. The minimum Gasteiger partial charge on any atom is -0.497 e.